The number of hydrogen-bond acceptors (Lipinski definition) is 5. The number of para-hydroxylation sites is 1. The smallest absolute Gasteiger partial charge is 0.247 e. The first-order valence-electron chi connectivity index (χ1n) is 10.9. The van der Waals surface area contributed by atoms with Crippen LogP contribution in [-0.2, 0) is 9.59 Å². The van der Waals surface area contributed by atoms with E-state index in [0.29, 0.717) is 13.1 Å². The lowest BCUT2D eigenvalue weighted by atomic mass is 9.84. The van der Waals surface area contributed by atoms with Crippen LogP contribution in [0.25, 0.3) is 0 Å². The molecule has 0 aromatic heterocycles. The predicted octanol–water partition coefficient (Wildman–Crippen LogP) is 2.57. The molecule has 3 unspecified atom stereocenters. The topological polar surface area (TPSA) is 67.9 Å². The lowest BCUT2D eigenvalue weighted by Gasteiger charge is -2.38. The van der Waals surface area contributed by atoms with Crippen molar-refractivity contribution in [3.8, 4) is 0 Å². The van der Waals surface area contributed by atoms with Crippen LogP contribution in [-0.4, -0.2) is 56.5 Å². The molecule has 31 heavy (non-hydrogen) atoms. The maximum atomic E-state index is 13.3. The molecular weight excluding hydrogens is 390 g/mol. The van der Waals surface area contributed by atoms with Crippen molar-refractivity contribution in [2.45, 2.75) is 19.4 Å². The average molecular weight is 422 g/mol. The van der Waals surface area contributed by atoms with Gasteiger partial charge in [0.15, 0.2) is 0 Å². The van der Waals surface area contributed by atoms with E-state index < -0.39 is 0 Å². The number of likely N-dealkylation sites (tertiary alicyclic amines) is 1. The van der Waals surface area contributed by atoms with E-state index in [2.05, 4.69) is 22.6 Å². The highest BCUT2D eigenvalue weighted by atomic mass is 16.2. The number of nitrogens with one attached hydrogen (secondary N) is 2. The molecule has 0 radical (unpaired) electrons. The van der Waals surface area contributed by atoms with Crippen molar-refractivity contribution < 1.29 is 9.59 Å². The average Bonchev–Trinajstić information content (AvgIpc) is 3.11. The lowest BCUT2D eigenvalue weighted by Crippen LogP contribution is -2.56. The summed E-state index contributed by atoms with van der Waals surface area (Å²) in [6, 6.07) is 17.2. The highest BCUT2D eigenvalue weighted by molar-refractivity contribution is 6.00. The molecule has 2 aliphatic rings. The third kappa shape index (κ3) is 4.43. The second kappa shape index (κ2) is 9.08. The summed E-state index contributed by atoms with van der Waals surface area (Å²) in [7, 11) is 3.97. The molecule has 0 spiro atoms. The molecule has 0 aliphatic carbocycles. The van der Waals surface area contributed by atoms with E-state index >= 15 is 0 Å². The van der Waals surface area contributed by atoms with Crippen molar-refractivity contribution in [2.24, 2.45) is 11.8 Å². The number of anilines is 3. The van der Waals surface area contributed by atoms with Crippen LogP contribution < -0.4 is 20.7 Å². The summed E-state index contributed by atoms with van der Waals surface area (Å²) >= 11 is 0. The Hall–Kier alpha value is -2.90. The minimum absolute atomic E-state index is 0.0325. The van der Waals surface area contributed by atoms with Gasteiger partial charge in [-0.05, 0) is 49.4 Å². The van der Waals surface area contributed by atoms with Gasteiger partial charge in [-0.1, -0.05) is 25.1 Å². The number of nitrogens with zero attached hydrogens (tertiary/aromatic N) is 3. The van der Waals surface area contributed by atoms with Crippen molar-refractivity contribution in [3.63, 3.8) is 0 Å². The van der Waals surface area contributed by atoms with Gasteiger partial charge in [-0.3, -0.25) is 9.59 Å². The van der Waals surface area contributed by atoms with E-state index in [-0.39, 0.29) is 29.7 Å². The van der Waals surface area contributed by atoms with Crippen LogP contribution in [0.15, 0.2) is 54.6 Å². The molecule has 2 aliphatic heterocycles. The van der Waals surface area contributed by atoms with Gasteiger partial charge in [0.1, 0.15) is 0 Å². The minimum Gasteiger partial charge on any atom is -0.378 e. The fourth-order valence-electron chi connectivity index (χ4n) is 4.53. The van der Waals surface area contributed by atoms with Gasteiger partial charge >= 0.3 is 0 Å². The second-order valence-corrected chi connectivity index (χ2v) is 8.57. The normalized spacial score (nSPS) is 23.5. The minimum atomic E-state index is -0.323. The number of amides is 2. The van der Waals surface area contributed by atoms with E-state index in [1.165, 1.54) is 0 Å². The van der Waals surface area contributed by atoms with Crippen LogP contribution in [0, 0.1) is 11.8 Å². The van der Waals surface area contributed by atoms with Gasteiger partial charge in [-0.15, -0.1) is 0 Å². The Balaban J connectivity index is 1.54. The summed E-state index contributed by atoms with van der Waals surface area (Å²) in [5, 5.41) is 4.69. The molecule has 2 fully saturated rings. The summed E-state index contributed by atoms with van der Waals surface area (Å²) in [5.74, 6) is -0.586. The molecule has 2 aromatic rings. The first kappa shape index (κ1) is 21.3. The summed E-state index contributed by atoms with van der Waals surface area (Å²) in [6.45, 7) is 4.32. The Morgan fingerprint density at radius 1 is 1.10 bits per heavy atom. The van der Waals surface area contributed by atoms with Gasteiger partial charge in [0.25, 0.3) is 0 Å². The Morgan fingerprint density at radius 2 is 1.81 bits per heavy atom. The number of rotatable bonds is 6. The predicted molar refractivity (Wildman–Crippen MR) is 124 cm³/mol. The molecule has 2 heterocycles. The van der Waals surface area contributed by atoms with Crippen molar-refractivity contribution in [3.05, 3.63) is 54.6 Å². The molecule has 3 atom stereocenters. The largest absolute Gasteiger partial charge is 0.378 e. The fourth-order valence-corrected chi connectivity index (χ4v) is 4.53. The van der Waals surface area contributed by atoms with E-state index in [1.54, 1.807) is 5.01 Å². The van der Waals surface area contributed by atoms with Crippen LogP contribution in [0.4, 0.5) is 17.1 Å². The van der Waals surface area contributed by atoms with Gasteiger partial charge in [0, 0.05) is 38.6 Å². The first-order chi connectivity index (χ1) is 15.0. The third-order valence-electron chi connectivity index (χ3n) is 6.13. The Labute approximate surface area is 184 Å². The number of benzene rings is 2. The molecule has 2 N–H and O–H groups in total. The lowest BCUT2D eigenvalue weighted by molar-refractivity contribution is -0.126. The number of piperidine rings is 1. The van der Waals surface area contributed by atoms with Crippen LogP contribution >= 0.6 is 0 Å². The first-order valence-corrected chi connectivity index (χ1v) is 10.9. The number of fused-ring (bicyclic) bond motifs is 1. The molecule has 7 heteroatoms. The molecule has 0 saturated carbocycles. The Morgan fingerprint density at radius 3 is 2.45 bits per heavy atom. The maximum absolute atomic E-state index is 13.3. The van der Waals surface area contributed by atoms with Gasteiger partial charge in [0.2, 0.25) is 11.8 Å². The molecular formula is C24H31N5O2. The van der Waals surface area contributed by atoms with Crippen molar-refractivity contribution in [1.82, 2.24) is 10.3 Å². The van der Waals surface area contributed by atoms with Crippen molar-refractivity contribution >= 4 is 28.9 Å². The van der Waals surface area contributed by atoms with Gasteiger partial charge in [-0.2, -0.15) is 0 Å². The van der Waals surface area contributed by atoms with E-state index in [4.69, 9.17) is 0 Å². The Bertz CT molecular complexity index is 915. The molecule has 2 saturated heterocycles. The Kier molecular flexibility index (Phi) is 6.25. The monoisotopic (exact) mass is 421 g/mol. The van der Waals surface area contributed by atoms with Gasteiger partial charge < -0.3 is 15.1 Å². The standard InChI is InChI=1S/C24H31N5O2/c1-4-14-28-15-20(23(30)25-17-10-12-18(13-11-17)27(2)3)22-21(16-28)24(31)29(26-22)19-8-6-5-7-9-19/h5-13,20-22,26H,4,14-16H2,1-3H3,(H,25,30). The summed E-state index contributed by atoms with van der Waals surface area (Å²) in [6.07, 6.45) is 0.988. The number of carbonyl (C=O) groups is 2. The third-order valence-corrected chi connectivity index (χ3v) is 6.13. The zero-order valence-electron chi connectivity index (χ0n) is 18.4. The van der Waals surface area contributed by atoms with Crippen LogP contribution in [0.5, 0.6) is 0 Å². The highest BCUT2D eigenvalue weighted by Gasteiger charge is 2.50. The molecule has 4 rings (SSSR count). The summed E-state index contributed by atoms with van der Waals surface area (Å²) < 4.78 is 0. The van der Waals surface area contributed by atoms with Gasteiger partial charge in [0.05, 0.1) is 23.6 Å². The summed E-state index contributed by atoms with van der Waals surface area (Å²) in [5.41, 5.74) is 6.00. The molecule has 2 aromatic carbocycles. The highest BCUT2D eigenvalue weighted by Crippen LogP contribution is 2.32. The van der Waals surface area contributed by atoms with Gasteiger partial charge in [-0.25, -0.2) is 10.4 Å². The second-order valence-electron chi connectivity index (χ2n) is 8.57. The SMILES string of the molecule is CCCN1CC(C(=O)Nc2ccc(N(C)C)cc2)C2NN(c3ccccc3)C(=O)C2C1. The zero-order valence-corrected chi connectivity index (χ0v) is 18.4. The van der Waals surface area contributed by atoms with E-state index in [9.17, 15) is 9.59 Å². The molecule has 164 valence electrons. The molecule has 0 bridgehead atoms. The zero-order chi connectivity index (χ0) is 22.0. The molecule has 7 nitrogen and oxygen atoms in total. The fraction of sp³-hybridized carbons (Fsp3) is 0.417. The summed E-state index contributed by atoms with van der Waals surface area (Å²) in [4.78, 5) is 30.8. The number of hydrazine groups is 1. The van der Waals surface area contributed by atoms with E-state index in [0.717, 1.165) is 30.0 Å². The molecule has 2 amide bonds. The van der Waals surface area contributed by atoms with Crippen molar-refractivity contribution in [2.75, 3.05) is 49.0 Å². The maximum Gasteiger partial charge on any atom is 0.247 e. The van der Waals surface area contributed by atoms with Crippen LogP contribution in [0.2, 0.25) is 0 Å². The number of hydrogen-bond donors (Lipinski definition) is 2. The van der Waals surface area contributed by atoms with Crippen LogP contribution in [0.1, 0.15) is 13.3 Å². The number of carbonyl (C=O) groups excluding carboxylic acids is 2. The van der Waals surface area contributed by atoms with E-state index in [1.807, 2.05) is 73.6 Å². The quantitative estimate of drug-likeness (QED) is 0.750. The van der Waals surface area contributed by atoms with Crippen LogP contribution in [0.3, 0.4) is 0 Å². The van der Waals surface area contributed by atoms with Crippen molar-refractivity contribution in [1.29, 1.82) is 0 Å².